The molecule has 0 radical (unpaired) electrons. The molecule has 7 heteroatoms. The topological polar surface area (TPSA) is 77.1 Å². The molecular formula is C27H34N2O5. The predicted molar refractivity (Wildman–Crippen MR) is 130 cm³/mol. The van der Waals surface area contributed by atoms with E-state index in [2.05, 4.69) is 10.2 Å². The summed E-state index contributed by atoms with van der Waals surface area (Å²) in [4.78, 5) is 26.9. The maximum atomic E-state index is 12.7. The van der Waals surface area contributed by atoms with Crippen molar-refractivity contribution in [3.8, 4) is 17.2 Å². The first-order valence-corrected chi connectivity index (χ1v) is 12.3. The minimum Gasteiger partial charge on any atom is -0.493 e. The molecule has 0 saturated carbocycles. The summed E-state index contributed by atoms with van der Waals surface area (Å²) in [5.74, 6) is 2.28. The number of nitrogens with zero attached hydrogens (tertiary/aromatic N) is 1. The first-order valence-electron chi connectivity index (χ1n) is 12.3. The van der Waals surface area contributed by atoms with Crippen molar-refractivity contribution in [2.24, 2.45) is 0 Å². The summed E-state index contributed by atoms with van der Waals surface area (Å²) in [6.45, 7) is 6.24. The van der Waals surface area contributed by atoms with Gasteiger partial charge in [0.25, 0.3) is 0 Å². The maximum Gasteiger partial charge on any atom is 0.223 e. The highest BCUT2D eigenvalue weighted by atomic mass is 16.6. The number of hydrogen-bond acceptors (Lipinski definition) is 6. The van der Waals surface area contributed by atoms with Crippen LogP contribution in [0.4, 0.5) is 0 Å². The number of fused-ring (bicyclic) bond motifs is 1. The van der Waals surface area contributed by atoms with E-state index < -0.39 is 0 Å². The third-order valence-corrected chi connectivity index (χ3v) is 6.23. The van der Waals surface area contributed by atoms with E-state index in [9.17, 15) is 9.59 Å². The van der Waals surface area contributed by atoms with Crippen molar-refractivity contribution in [2.45, 2.75) is 45.1 Å². The third-order valence-electron chi connectivity index (χ3n) is 6.23. The second-order valence-electron chi connectivity index (χ2n) is 8.85. The van der Waals surface area contributed by atoms with Gasteiger partial charge in [-0.25, -0.2) is 0 Å². The van der Waals surface area contributed by atoms with E-state index in [0.29, 0.717) is 30.9 Å². The number of ketones is 1. The molecule has 2 aliphatic heterocycles. The Bertz CT molecular complexity index is 969. The Balaban J connectivity index is 1.30. The van der Waals surface area contributed by atoms with Crippen LogP contribution in [0.3, 0.4) is 0 Å². The van der Waals surface area contributed by atoms with Crippen LogP contribution in [-0.4, -0.2) is 62.1 Å². The highest BCUT2D eigenvalue weighted by molar-refractivity contribution is 5.95. The Morgan fingerprint density at radius 3 is 2.50 bits per heavy atom. The van der Waals surface area contributed by atoms with E-state index in [-0.39, 0.29) is 30.8 Å². The Hall–Kier alpha value is -3.06. The smallest absolute Gasteiger partial charge is 0.223 e. The van der Waals surface area contributed by atoms with Gasteiger partial charge in [-0.2, -0.15) is 0 Å². The number of rotatable bonds is 11. The minimum absolute atomic E-state index is 0.00694. The zero-order valence-corrected chi connectivity index (χ0v) is 19.9. The molecule has 34 heavy (non-hydrogen) atoms. The van der Waals surface area contributed by atoms with Crippen molar-refractivity contribution in [3.05, 3.63) is 53.6 Å². The van der Waals surface area contributed by atoms with Crippen LogP contribution in [0.25, 0.3) is 0 Å². The molecule has 1 fully saturated rings. The van der Waals surface area contributed by atoms with Gasteiger partial charge in [0.1, 0.15) is 19.0 Å². The molecule has 2 heterocycles. The number of Topliss-reactive ketones (excluding diaryl/α,β-unsaturated/α-hetero) is 1. The van der Waals surface area contributed by atoms with Crippen LogP contribution in [0.5, 0.6) is 17.2 Å². The van der Waals surface area contributed by atoms with Gasteiger partial charge in [0.15, 0.2) is 17.3 Å². The fourth-order valence-corrected chi connectivity index (χ4v) is 4.44. The number of amides is 1. The number of hydrogen-bond donors (Lipinski definition) is 1. The molecule has 0 bridgehead atoms. The summed E-state index contributed by atoms with van der Waals surface area (Å²) in [7, 11) is 0. The summed E-state index contributed by atoms with van der Waals surface area (Å²) in [5.41, 5.74) is 1.79. The summed E-state index contributed by atoms with van der Waals surface area (Å²) in [6.07, 6.45) is 3.90. The van der Waals surface area contributed by atoms with Gasteiger partial charge in [0.05, 0.1) is 13.0 Å². The first kappa shape index (κ1) is 24.1. The van der Waals surface area contributed by atoms with Gasteiger partial charge in [-0.05, 0) is 74.3 Å². The van der Waals surface area contributed by atoms with E-state index in [1.54, 1.807) is 24.3 Å². The molecule has 0 spiro atoms. The molecule has 0 aliphatic carbocycles. The molecule has 2 aliphatic rings. The quantitative estimate of drug-likeness (QED) is 0.510. The molecule has 7 nitrogen and oxygen atoms in total. The van der Waals surface area contributed by atoms with Crippen LogP contribution in [0.1, 0.15) is 48.5 Å². The highest BCUT2D eigenvalue weighted by Crippen LogP contribution is 2.31. The van der Waals surface area contributed by atoms with Gasteiger partial charge < -0.3 is 24.4 Å². The van der Waals surface area contributed by atoms with Gasteiger partial charge in [0.2, 0.25) is 5.91 Å². The number of nitrogens with one attached hydrogen (secondary N) is 1. The molecule has 1 saturated heterocycles. The summed E-state index contributed by atoms with van der Waals surface area (Å²) < 4.78 is 17.1. The largest absolute Gasteiger partial charge is 0.493 e. The number of carbonyl (C=O) groups excluding carboxylic acids is 2. The molecule has 4 rings (SSSR count). The molecule has 2 aromatic carbocycles. The van der Waals surface area contributed by atoms with Crippen LogP contribution < -0.4 is 19.5 Å². The molecule has 2 aromatic rings. The molecule has 0 aromatic heterocycles. The van der Waals surface area contributed by atoms with E-state index in [0.717, 1.165) is 43.1 Å². The number of ether oxygens (including phenoxy) is 3. The fourth-order valence-electron chi connectivity index (χ4n) is 4.44. The van der Waals surface area contributed by atoms with Crippen molar-refractivity contribution in [3.63, 3.8) is 0 Å². The van der Waals surface area contributed by atoms with Crippen LogP contribution >= 0.6 is 0 Å². The van der Waals surface area contributed by atoms with Crippen LogP contribution in [0.15, 0.2) is 42.5 Å². The van der Waals surface area contributed by atoms with Crippen molar-refractivity contribution < 1.29 is 23.8 Å². The van der Waals surface area contributed by atoms with E-state index in [4.69, 9.17) is 14.2 Å². The second-order valence-corrected chi connectivity index (χ2v) is 8.85. The van der Waals surface area contributed by atoms with Crippen molar-refractivity contribution in [1.82, 2.24) is 10.2 Å². The van der Waals surface area contributed by atoms with Crippen LogP contribution in [-0.2, 0) is 11.2 Å². The summed E-state index contributed by atoms with van der Waals surface area (Å²) in [6, 6.07) is 13.1. The lowest BCUT2D eigenvalue weighted by Crippen LogP contribution is -2.44. The van der Waals surface area contributed by atoms with Gasteiger partial charge in [0, 0.05) is 24.6 Å². The average Bonchev–Trinajstić information content (AvgIpc) is 3.37. The van der Waals surface area contributed by atoms with Crippen molar-refractivity contribution in [2.75, 3.05) is 39.5 Å². The zero-order chi connectivity index (χ0) is 23.8. The summed E-state index contributed by atoms with van der Waals surface area (Å²) in [5, 5.41) is 3.21. The number of carbonyl (C=O) groups is 2. The lowest BCUT2D eigenvalue weighted by atomic mass is 10.0. The third kappa shape index (κ3) is 6.73. The number of likely N-dealkylation sites (tertiary alicyclic amines) is 1. The molecule has 1 unspecified atom stereocenters. The maximum absolute atomic E-state index is 12.7. The highest BCUT2D eigenvalue weighted by Gasteiger charge is 2.21. The van der Waals surface area contributed by atoms with Gasteiger partial charge in [-0.15, -0.1) is 0 Å². The Labute approximate surface area is 201 Å². The van der Waals surface area contributed by atoms with E-state index in [1.165, 1.54) is 12.8 Å². The van der Waals surface area contributed by atoms with E-state index >= 15 is 0 Å². The Morgan fingerprint density at radius 1 is 1.03 bits per heavy atom. The SMILES string of the molecule is CCC(=O)c1ccc(OCCC(=O)NC(Cc2ccc3c(c2)OCCO3)CN2CCCC2)cc1. The van der Waals surface area contributed by atoms with Crippen LogP contribution in [0, 0.1) is 0 Å². The second kappa shape index (κ2) is 11.9. The Morgan fingerprint density at radius 2 is 1.76 bits per heavy atom. The first-order chi connectivity index (χ1) is 16.6. The van der Waals surface area contributed by atoms with Gasteiger partial charge in [-0.3, -0.25) is 9.59 Å². The van der Waals surface area contributed by atoms with Crippen LogP contribution in [0.2, 0.25) is 0 Å². The number of benzene rings is 2. The monoisotopic (exact) mass is 466 g/mol. The average molecular weight is 467 g/mol. The van der Waals surface area contributed by atoms with Crippen molar-refractivity contribution >= 4 is 11.7 Å². The van der Waals surface area contributed by atoms with Crippen molar-refractivity contribution in [1.29, 1.82) is 0 Å². The predicted octanol–water partition coefficient (Wildman–Crippen LogP) is 3.64. The standard InChI is InChI=1S/C27H34N2O5/c1-2-24(30)21-6-8-23(9-7-21)32-14-11-27(31)28-22(19-29-12-3-4-13-29)17-20-5-10-25-26(18-20)34-16-15-33-25/h5-10,18,22H,2-4,11-17,19H2,1H3,(H,28,31). The fraction of sp³-hybridized carbons (Fsp3) is 0.481. The normalized spacial score (nSPS) is 16.1. The summed E-state index contributed by atoms with van der Waals surface area (Å²) >= 11 is 0. The molecule has 1 N–H and O–H groups in total. The molecule has 1 amide bonds. The lowest BCUT2D eigenvalue weighted by molar-refractivity contribution is -0.122. The van der Waals surface area contributed by atoms with Gasteiger partial charge >= 0.3 is 0 Å². The molecule has 1 atom stereocenters. The zero-order valence-electron chi connectivity index (χ0n) is 19.9. The molecular weight excluding hydrogens is 432 g/mol. The lowest BCUT2D eigenvalue weighted by Gasteiger charge is -2.25. The molecule has 182 valence electrons. The van der Waals surface area contributed by atoms with Gasteiger partial charge in [-0.1, -0.05) is 13.0 Å². The minimum atomic E-state index is -0.0282. The van der Waals surface area contributed by atoms with E-state index in [1.807, 2.05) is 25.1 Å². The Kier molecular flexibility index (Phi) is 8.41.